The van der Waals surface area contributed by atoms with Crippen molar-refractivity contribution >= 4 is 11.8 Å². The zero-order valence-corrected chi connectivity index (χ0v) is 11.5. The third-order valence-corrected chi connectivity index (χ3v) is 3.02. The summed E-state index contributed by atoms with van der Waals surface area (Å²) in [5, 5.41) is 11.7. The maximum atomic E-state index is 11.7. The van der Waals surface area contributed by atoms with Gasteiger partial charge in [0.1, 0.15) is 5.60 Å². The fourth-order valence-electron chi connectivity index (χ4n) is 2.25. The minimum atomic E-state index is -0.507. The van der Waals surface area contributed by atoms with Crippen LogP contribution in [-0.2, 0) is 11.2 Å². The Morgan fingerprint density at radius 3 is 2.79 bits per heavy atom. The normalized spacial score (nSPS) is 18.0. The van der Waals surface area contributed by atoms with Crippen LogP contribution in [0, 0.1) is 0 Å². The van der Waals surface area contributed by atoms with Crippen molar-refractivity contribution in [3.8, 4) is 0 Å². The topological polar surface area (TPSA) is 70.6 Å². The van der Waals surface area contributed by atoms with Crippen LogP contribution in [0.25, 0.3) is 0 Å². The van der Waals surface area contributed by atoms with E-state index in [1.54, 1.807) is 0 Å². The van der Waals surface area contributed by atoms with Crippen molar-refractivity contribution < 1.29 is 14.7 Å². The molecule has 2 rings (SSSR count). The number of aryl methyl sites for hydroxylation is 1. The molecule has 104 valence electrons. The number of hydrogen-bond acceptors (Lipinski definition) is 4. The van der Waals surface area contributed by atoms with Gasteiger partial charge in [-0.1, -0.05) is 6.07 Å². The van der Waals surface area contributed by atoms with Gasteiger partial charge in [-0.05, 0) is 56.9 Å². The Bertz CT molecular complexity index is 480. The molecule has 1 aliphatic rings. The van der Waals surface area contributed by atoms with Crippen molar-refractivity contribution in [2.75, 3.05) is 5.32 Å². The van der Waals surface area contributed by atoms with E-state index in [-0.39, 0.29) is 6.04 Å². The number of amides is 1. The number of anilines is 1. The average molecular weight is 264 g/mol. The van der Waals surface area contributed by atoms with Gasteiger partial charge in [-0.2, -0.15) is 5.48 Å². The minimum absolute atomic E-state index is 0.00873. The molecule has 0 fully saturated rings. The van der Waals surface area contributed by atoms with Gasteiger partial charge in [0.2, 0.25) is 0 Å². The lowest BCUT2D eigenvalue weighted by Gasteiger charge is -2.20. The van der Waals surface area contributed by atoms with Crippen molar-refractivity contribution in [2.45, 2.75) is 45.3 Å². The van der Waals surface area contributed by atoms with E-state index in [9.17, 15) is 4.79 Å². The molecule has 1 aromatic rings. The van der Waals surface area contributed by atoms with Crippen LogP contribution in [0.3, 0.4) is 0 Å². The Kier molecular flexibility index (Phi) is 3.78. The first-order chi connectivity index (χ1) is 8.89. The van der Waals surface area contributed by atoms with Crippen LogP contribution in [-0.4, -0.2) is 16.9 Å². The van der Waals surface area contributed by atoms with E-state index in [0.29, 0.717) is 5.69 Å². The number of carbonyl (C=O) groups excluding carboxylic acids is 1. The lowest BCUT2D eigenvalue weighted by Crippen LogP contribution is -2.27. The van der Waals surface area contributed by atoms with Crippen LogP contribution in [0.5, 0.6) is 0 Å². The van der Waals surface area contributed by atoms with Gasteiger partial charge < -0.3 is 9.94 Å². The average Bonchev–Trinajstić information content (AvgIpc) is 2.68. The van der Waals surface area contributed by atoms with E-state index in [4.69, 9.17) is 9.94 Å². The SMILES string of the molecule is CC(C)(C)OC(=O)Nc1ccc2c(c1)CCC2NO. The van der Waals surface area contributed by atoms with Gasteiger partial charge in [-0.25, -0.2) is 4.79 Å². The zero-order valence-electron chi connectivity index (χ0n) is 11.5. The van der Waals surface area contributed by atoms with Crippen molar-refractivity contribution in [3.63, 3.8) is 0 Å². The van der Waals surface area contributed by atoms with E-state index < -0.39 is 11.7 Å². The van der Waals surface area contributed by atoms with Gasteiger partial charge in [-0.3, -0.25) is 5.32 Å². The van der Waals surface area contributed by atoms with E-state index >= 15 is 0 Å². The summed E-state index contributed by atoms with van der Waals surface area (Å²) in [5.41, 5.74) is 4.73. The molecule has 0 aliphatic heterocycles. The van der Waals surface area contributed by atoms with E-state index in [1.807, 2.05) is 39.0 Å². The largest absolute Gasteiger partial charge is 0.444 e. The molecular weight excluding hydrogens is 244 g/mol. The van der Waals surface area contributed by atoms with Gasteiger partial charge in [0.25, 0.3) is 0 Å². The number of carbonyl (C=O) groups is 1. The fourth-order valence-corrected chi connectivity index (χ4v) is 2.25. The Morgan fingerprint density at radius 1 is 1.42 bits per heavy atom. The van der Waals surface area contributed by atoms with Gasteiger partial charge in [0.05, 0.1) is 6.04 Å². The molecule has 1 atom stereocenters. The first kappa shape index (κ1) is 13.8. The number of ether oxygens (including phenoxy) is 1. The smallest absolute Gasteiger partial charge is 0.412 e. The van der Waals surface area contributed by atoms with Gasteiger partial charge in [0.15, 0.2) is 0 Å². The molecule has 1 amide bonds. The van der Waals surface area contributed by atoms with E-state index in [0.717, 1.165) is 24.0 Å². The third-order valence-electron chi connectivity index (χ3n) is 3.02. The summed E-state index contributed by atoms with van der Waals surface area (Å²) in [6.45, 7) is 5.48. The number of benzene rings is 1. The summed E-state index contributed by atoms with van der Waals surface area (Å²) in [7, 11) is 0. The highest BCUT2D eigenvalue weighted by Crippen LogP contribution is 2.32. The number of hydrogen-bond donors (Lipinski definition) is 3. The molecule has 0 spiro atoms. The first-order valence-corrected chi connectivity index (χ1v) is 6.41. The predicted octanol–water partition coefficient (Wildman–Crippen LogP) is 3.00. The second-order valence-electron chi connectivity index (χ2n) is 5.76. The van der Waals surface area contributed by atoms with Crippen molar-refractivity contribution in [1.29, 1.82) is 0 Å². The quantitative estimate of drug-likeness (QED) is 0.718. The molecule has 1 aromatic carbocycles. The molecule has 1 unspecified atom stereocenters. The molecular formula is C14H20N2O3. The summed E-state index contributed by atoms with van der Waals surface area (Å²) in [4.78, 5) is 11.7. The predicted molar refractivity (Wildman–Crippen MR) is 72.3 cm³/mol. The second kappa shape index (κ2) is 5.19. The molecule has 3 N–H and O–H groups in total. The Balaban J connectivity index is 2.06. The molecule has 0 aromatic heterocycles. The standard InChI is InChI=1S/C14H20N2O3/c1-14(2,3)19-13(17)15-10-5-6-11-9(8-10)4-7-12(11)16-18/h5-6,8,12,16,18H,4,7H2,1-3H3,(H,15,17). The minimum Gasteiger partial charge on any atom is -0.444 e. The van der Waals surface area contributed by atoms with Gasteiger partial charge in [0, 0.05) is 5.69 Å². The maximum Gasteiger partial charge on any atom is 0.412 e. The molecule has 0 saturated heterocycles. The molecule has 0 saturated carbocycles. The number of hydroxylamine groups is 1. The molecule has 5 nitrogen and oxygen atoms in total. The summed E-state index contributed by atoms with van der Waals surface area (Å²) in [5.74, 6) is 0. The van der Waals surface area contributed by atoms with Gasteiger partial charge in [-0.15, -0.1) is 0 Å². The molecule has 0 bridgehead atoms. The van der Waals surface area contributed by atoms with Crippen molar-refractivity contribution in [1.82, 2.24) is 5.48 Å². The Morgan fingerprint density at radius 2 is 2.16 bits per heavy atom. The lowest BCUT2D eigenvalue weighted by atomic mass is 10.1. The van der Waals surface area contributed by atoms with Crippen LogP contribution in [0.1, 0.15) is 44.4 Å². The van der Waals surface area contributed by atoms with Crippen LogP contribution >= 0.6 is 0 Å². The van der Waals surface area contributed by atoms with Crippen LogP contribution in [0.4, 0.5) is 10.5 Å². The van der Waals surface area contributed by atoms with Crippen LogP contribution in [0.15, 0.2) is 18.2 Å². The fraction of sp³-hybridized carbons (Fsp3) is 0.500. The lowest BCUT2D eigenvalue weighted by molar-refractivity contribution is 0.0636. The molecule has 0 radical (unpaired) electrons. The molecule has 19 heavy (non-hydrogen) atoms. The van der Waals surface area contributed by atoms with Gasteiger partial charge >= 0.3 is 6.09 Å². The number of fused-ring (bicyclic) bond motifs is 1. The summed E-state index contributed by atoms with van der Waals surface area (Å²) in [6, 6.07) is 5.66. The zero-order chi connectivity index (χ0) is 14.0. The Hall–Kier alpha value is -1.59. The molecule has 0 heterocycles. The van der Waals surface area contributed by atoms with Crippen molar-refractivity contribution in [3.05, 3.63) is 29.3 Å². The van der Waals surface area contributed by atoms with Crippen molar-refractivity contribution in [2.24, 2.45) is 0 Å². The maximum absolute atomic E-state index is 11.7. The van der Waals surface area contributed by atoms with Crippen LogP contribution in [0.2, 0.25) is 0 Å². The number of nitrogens with one attached hydrogen (secondary N) is 2. The summed E-state index contributed by atoms with van der Waals surface area (Å²) in [6.07, 6.45) is 1.29. The molecule has 5 heteroatoms. The first-order valence-electron chi connectivity index (χ1n) is 6.41. The Labute approximate surface area is 112 Å². The highest BCUT2D eigenvalue weighted by molar-refractivity contribution is 5.85. The summed E-state index contributed by atoms with van der Waals surface area (Å²) < 4.78 is 5.20. The highest BCUT2D eigenvalue weighted by atomic mass is 16.6. The van der Waals surface area contributed by atoms with E-state index in [1.165, 1.54) is 0 Å². The number of rotatable bonds is 2. The van der Waals surface area contributed by atoms with E-state index in [2.05, 4.69) is 10.8 Å². The monoisotopic (exact) mass is 264 g/mol. The summed E-state index contributed by atoms with van der Waals surface area (Å²) >= 11 is 0. The third kappa shape index (κ3) is 3.45. The second-order valence-corrected chi connectivity index (χ2v) is 5.76. The molecule has 1 aliphatic carbocycles. The highest BCUT2D eigenvalue weighted by Gasteiger charge is 2.22. The van der Waals surface area contributed by atoms with Crippen LogP contribution < -0.4 is 10.8 Å².